The Bertz CT molecular complexity index is 944. The second kappa shape index (κ2) is 7.70. The second-order valence-electron chi connectivity index (χ2n) is 5.85. The van der Waals surface area contributed by atoms with E-state index < -0.39 is 5.92 Å². The number of hydrogen-bond acceptors (Lipinski definition) is 3. The van der Waals surface area contributed by atoms with E-state index in [0.29, 0.717) is 17.0 Å². The molecule has 1 atom stereocenters. The number of allylic oxidation sites excluding steroid dienone is 1. The van der Waals surface area contributed by atoms with Crippen LogP contribution in [0, 0.1) is 5.82 Å². The van der Waals surface area contributed by atoms with Crippen molar-refractivity contribution in [3.05, 3.63) is 95.8 Å². The summed E-state index contributed by atoms with van der Waals surface area (Å²) in [4.78, 5) is 29.9. The van der Waals surface area contributed by atoms with Crippen molar-refractivity contribution in [2.75, 3.05) is 0 Å². The number of carbonyl (C=O) groups is 2. The summed E-state index contributed by atoms with van der Waals surface area (Å²) < 4.78 is 14.7. The van der Waals surface area contributed by atoms with Crippen LogP contribution in [0.5, 0.6) is 0 Å². The molecule has 3 rings (SSSR count). The molecule has 0 aliphatic carbocycles. The topological polar surface area (TPSA) is 52.0 Å². The average molecular weight is 348 g/mol. The Kier molecular flexibility index (Phi) is 5.17. The number of nitrogens with zero attached hydrogens (tertiary/aromatic N) is 2. The normalized spacial score (nSPS) is 12.2. The van der Waals surface area contributed by atoms with Crippen molar-refractivity contribution in [3.63, 3.8) is 0 Å². The smallest absolute Gasteiger partial charge is 0.181 e. The quantitative estimate of drug-likeness (QED) is 0.387. The highest BCUT2D eigenvalue weighted by molar-refractivity contribution is 6.18. The first-order chi connectivity index (χ1) is 12.6. The third-order valence-corrected chi connectivity index (χ3v) is 4.03. The van der Waals surface area contributed by atoms with E-state index in [0.717, 1.165) is 0 Å². The largest absolute Gasteiger partial charge is 0.337 e. The van der Waals surface area contributed by atoms with Gasteiger partial charge in [-0.05, 0) is 23.8 Å². The summed E-state index contributed by atoms with van der Waals surface area (Å²) in [7, 11) is 1.74. The van der Waals surface area contributed by atoms with Crippen LogP contribution in [0.2, 0.25) is 0 Å². The molecule has 1 unspecified atom stereocenters. The van der Waals surface area contributed by atoms with Gasteiger partial charge in [-0.3, -0.25) is 9.59 Å². The van der Waals surface area contributed by atoms with Gasteiger partial charge in [-0.2, -0.15) is 0 Å². The van der Waals surface area contributed by atoms with Gasteiger partial charge >= 0.3 is 0 Å². The molecule has 26 heavy (non-hydrogen) atoms. The number of aromatic nitrogens is 2. The molecule has 4 nitrogen and oxygen atoms in total. The molecule has 0 spiro atoms. The number of hydrogen-bond donors (Lipinski definition) is 0. The lowest BCUT2D eigenvalue weighted by atomic mass is 9.92. The lowest BCUT2D eigenvalue weighted by molar-refractivity contribution is -0.115. The maximum Gasteiger partial charge on any atom is 0.181 e. The number of carbonyl (C=O) groups excluding carboxylic acids is 2. The van der Waals surface area contributed by atoms with Gasteiger partial charge in [-0.15, -0.1) is 0 Å². The molecule has 130 valence electrons. The van der Waals surface area contributed by atoms with Crippen LogP contribution in [-0.4, -0.2) is 21.1 Å². The molecule has 0 amide bonds. The van der Waals surface area contributed by atoms with Gasteiger partial charge in [-0.25, -0.2) is 9.37 Å². The summed E-state index contributed by atoms with van der Waals surface area (Å²) in [6.45, 7) is 0. The van der Waals surface area contributed by atoms with E-state index in [-0.39, 0.29) is 17.4 Å². The van der Waals surface area contributed by atoms with E-state index in [1.807, 2.05) is 6.07 Å². The van der Waals surface area contributed by atoms with Crippen LogP contribution in [0.4, 0.5) is 4.39 Å². The number of Topliss-reactive ketones (excluding diaryl/α,β-unsaturated/α-hetero) is 1. The molecule has 0 saturated heterocycles. The van der Waals surface area contributed by atoms with Gasteiger partial charge < -0.3 is 4.57 Å². The summed E-state index contributed by atoms with van der Waals surface area (Å²) in [5, 5.41) is 0. The van der Waals surface area contributed by atoms with Gasteiger partial charge in [0, 0.05) is 25.0 Å². The molecule has 5 heteroatoms. The van der Waals surface area contributed by atoms with Crippen molar-refractivity contribution in [1.82, 2.24) is 9.55 Å². The van der Waals surface area contributed by atoms with Gasteiger partial charge in [0.1, 0.15) is 17.6 Å². The van der Waals surface area contributed by atoms with E-state index in [9.17, 15) is 14.0 Å². The molecule has 0 aliphatic rings. The Labute approximate surface area is 150 Å². The number of ketones is 2. The molecule has 0 radical (unpaired) electrons. The van der Waals surface area contributed by atoms with Crippen LogP contribution in [0.1, 0.15) is 27.7 Å². The third kappa shape index (κ3) is 3.83. The van der Waals surface area contributed by atoms with Gasteiger partial charge in [0.25, 0.3) is 0 Å². The van der Waals surface area contributed by atoms with Gasteiger partial charge in [0.2, 0.25) is 0 Å². The van der Waals surface area contributed by atoms with Crippen molar-refractivity contribution in [1.29, 1.82) is 0 Å². The van der Waals surface area contributed by atoms with Crippen molar-refractivity contribution < 1.29 is 14.0 Å². The lowest BCUT2D eigenvalue weighted by Gasteiger charge is -2.13. The third-order valence-electron chi connectivity index (χ3n) is 4.03. The first-order valence-electron chi connectivity index (χ1n) is 8.10. The molecule has 3 aromatic rings. The Hall–Kier alpha value is -3.34. The van der Waals surface area contributed by atoms with Crippen LogP contribution in [0.15, 0.2) is 73.1 Å². The number of benzene rings is 2. The Morgan fingerprint density at radius 1 is 1.08 bits per heavy atom. The van der Waals surface area contributed by atoms with Gasteiger partial charge in [0.05, 0.1) is 0 Å². The fourth-order valence-corrected chi connectivity index (χ4v) is 2.65. The predicted octanol–water partition coefficient (Wildman–Crippen LogP) is 3.81. The van der Waals surface area contributed by atoms with Crippen LogP contribution < -0.4 is 0 Å². The average Bonchev–Trinajstić information content (AvgIpc) is 3.08. The second-order valence-corrected chi connectivity index (χ2v) is 5.85. The maximum absolute atomic E-state index is 13.0. The molecule has 2 aromatic carbocycles. The van der Waals surface area contributed by atoms with Crippen LogP contribution in [-0.2, 0) is 11.8 Å². The molecular weight excluding hydrogens is 331 g/mol. The number of rotatable bonds is 6. The van der Waals surface area contributed by atoms with E-state index in [1.165, 1.54) is 18.2 Å². The monoisotopic (exact) mass is 348 g/mol. The van der Waals surface area contributed by atoms with Crippen LogP contribution in [0.3, 0.4) is 0 Å². The molecule has 0 saturated carbocycles. The van der Waals surface area contributed by atoms with Gasteiger partial charge in [0.15, 0.2) is 11.6 Å². The van der Waals surface area contributed by atoms with Crippen molar-refractivity contribution in [3.8, 4) is 0 Å². The van der Waals surface area contributed by atoms with Crippen molar-refractivity contribution in [2.45, 2.75) is 5.92 Å². The number of halogens is 1. The summed E-state index contributed by atoms with van der Waals surface area (Å²) in [5.41, 5.74) is 1.12. The fraction of sp³-hybridized carbons (Fsp3) is 0.0952. The van der Waals surface area contributed by atoms with Crippen molar-refractivity contribution in [2.24, 2.45) is 7.05 Å². The van der Waals surface area contributed by atoms with E-state index >= 15 is 0 Å². The molecule has 0 N–H and O–H groups in total. The molecule has 0 fully saturated rings. The minimum atomic E-state index is -1.03. The lowest BCUT2D eigenvalue weighted by Crippen LogP contribution is -2.24. The number of aryl methyl sites for hydroxylation is 1. The van der Waals surface area contributed by atoms with E-state index in [4.69, 9.17) is 0 Å². The zero-order valence-corrected chi connectivity index (χ0v) is 14.2. The maximum atomic E-state index is 13.0. The highest BCUT2D eigenvalue weighted by Gasteiger charge is 2.30. The van der Waals surface area contributed by atoms with Crippen molar-refractivity contribution >= 4 is 17.6 Å². The Morgan fingerprint density at radius 2 is 1.77 bits per heavy atom. The zero-order chi connectivity index (χ0) is 18.5. The predicted molar refractivity (Wildman–Crippen MR) is 97.2 cm³/mol. The van der Waals surface area contributed by atoms with Gasteiger partial charge in [-0.1, -0.05) is 48.5 Å². The summed E-state index contributed by atoms with van der Waals surface area (Å²) in [6.07, 6.45) is 6.15. The zero-order valence-electron chi connectivity index (χ0n) is 14.2. The first kappa shape index (κ1) is 17.5. The summed E-state index contributed by atoms with van der Waals surface area (Å²) >= 11 is 0. The molecule has 1 heterocycles. The molecule has 0 bridgehead atoms. The fourth-order valence-electron chi connectivity index (χ4n) is 2.65. The van der Waals surface area contributed by atoms with E-state index in [1.54, 1.807) is 66.5 Å². The SMILES string of the molecule is Cn1ccnc1C(C(=O)/C=C\c1ccc(F)cc1)C(=O)c1ccccc1. The van der Waals surface area contributed by atoms with Crippen LogP contribution >= 0.6 is 0 Å². The van der Waals surface area contributed by atoms with Crippen LogP contribution in [0.25, 0.3) is 6.08 Å². The highest BCUT2D eigenvalue weighted by atomic mass is 19.1. The highest BCUT2D eigenvalue weighted by Crippen LogP contribution is 2.22. The standard InChI is InChI=1S/C21H17FN2O2/c1-24-14-13-23-21(24)19(20(26)16-5-3-2-4-6-16)18(25)12-9-15-7-10-17(22)11-8-15/h2-14,19H,1H3/b12-9-. The minimum absolute atomic E-state index is 0.311. The molecular formula is C21H17FN2O2. The number of imidazole rings is 1. The molecule has 0 aliphatic heterocycles. The summed E-state index contributed by atoms with van der Waals surface area (Å²) in [5.74, 6) is -1.69. The molecule has 1 aromatic heterocycles. The Morgan fingerprint density at radius 3 is 2.38 bits per heavy atom. The first-order valence-corrected chi connectivity index (χ1v) is 8.10. The minimum Gasteiger partial charge on any atom is -0.337 e. The van der Waals surface area contributed by atoms with E-state index in [2.05, 4.69) is 4.98 Å². The summed E-state index contributed by atoms with van der Waals surface area (Å²) in [6, 6.07) is 14.4. The Balaban J connectivity index is 1.93.